The first-order valence-corrected chi connectivity index (χ1v) is 7.37. The molecule has 2 rings (SSSR count). The van der Waals surface area contributed by atoms with Crippen LogP contribution >= 0.6 is 0 Å². The number of ether oxygens (including phenoxy) is 1. The Morgan fingerprint density at radius 3 is 2.47 bits per heavy atom. The molecular formula is C14H28N2O. The van der Waals surface area contributed by atoms with Gasteiger partial charge in [-0.3, -0.25) is 4.90 Å². The zero-order chi connectivity index (χ0) is 12.1. The van der Waals surface area contributed by atoms with E-state index < -0.39 is 0 Å². The van der Waals surface area contributed by atoms with Gasteiger partial charge in [-0.1, -0.05) is 6.92 Å². The summed E-state index contributed by atoms with van der Waals surface area (Å²) in [6, 6.07) is 0.597. The van der Waals surface area contributed by atoms with Gasteiger partial charge < -0.3 is 10.5 Å². The average Bonchev–Trinajstić information content (AvgIpc) is 3.16. The second-order valence-corrected chi connectivity index (χ2v) is 5.69. The van der Waals surface area contributed by atoms with E-state index in [2.05, 4.69) is 11.8 Å². The van der Waals surface area contributed by atoms with Gasteiger partial charge in [0.05, 0.1) is 0 Å². The molecule has 0 aromatic carbocycles. The summed E-state index contributed by atoms with van der Waals surface area (Å²) in [6.07, 6.45) is 6.52. The van der Waals surface area contributed by atoms with Gasteiger partial charge >= 0.3 is 0 Å². The molecule has 0 aromatic rings. The molecule has 3 heteroatoms. The van der Waals surface area contributed by atoms with Crippen molar-refractivity contribution in [2.75, 3.05) is 32.8 Å². The summed E-state index contributed by atoms with van der Waals surface area (Å²) < 4.78 is 5.47. The Balaban J connectivity index is 1.90. The average molecular weight is 240 g/mol. The maximum atomic E-state index is 6.05. The molecule has 1 unspecified atom stereocenters. The minimum atomic E-state index is 0.597. The SMILES string of the molecule is CCCN(CC1CC1)C(CN)C1CCOCC1. The van der Waals surface area contributed by atoms with Crippen LogP contribution in [0.25, 0.3) is 0 Å². The van der Waals surface area contributed by atoms with Gasteiger partial charge in [-0.15, -0.1) is 0 Å². The van der Waals surface area contributed by atoms with Crippen LogP contribution in [0.2, 0.25) is 0 Å². The standard InChI is InChI=1S/C14H28N2O/c1-2-7-16(11-12-3-4-12)14(10-15)13-5-8-17-9-6-13/h12-14H,2-11,15H2,1H3. The first kappa shape index (κ1) is 13.3. The smallest absolute Gasteiger partial charge is 0.0469 e. The van der Waals surface area contributed by atoms with Crippen molar-refractivity contribution in [1.29, 1.82) is 0 Å². The van der Waals surface area contributed by atoms with Crippen molar-refractivity contribution in [2.24, 2.45) is 17.6 Å². The number of hydrogen-bond acceptors (Lipinski definition) is 3. The Hall–Kier alpha value is -0.120. The fourth-order valence-electron chi connectivity index (χ4n) is 3.05. The van der Waals surface area contributed by atoms with E-state index in [0.717, 1.165) is 31.6 Å². The van der Waals surface area contributed by atoms with Crippen LogP contribution in [0.5, 0.6) is 0 Å². The van der Waals surface area contributed by atoms with Gasteiger partial charge in [-0.2, -0.15) is 0 Å². The van der Waals surface area contributed by atoms with E-state index in [1.165, 1.54) is 45.2 Å². The molecule has 1 saturated heterocycles. The highest BCUT2D eigenvalue weighted by molar-refractivity contribution is 4.86. The summed E-state index contributed by atoms with van der Waals surface area (Å²) in [5, 5.41) is 0. The Kier molecular flexibility index (Phi) is 5.26. The molecule has 0 radical (unpaired) electrons. The molecule has 2 aliphatic rings. The second kappa shape index (κ2) is 6.72. The molecule has 100 valence electrons. The van der Waals surface area contributed by atoms with E-state index in [0.29, 0.717) is 6.04 Å². The van der Waals surface area contributed by atoms with Crippen LogP contribution in [-0.4, -0.2) is 43.8 Å². The van der Waals surface area contributed by atoms with Gasteiger partial charge in [0.2, 0.25) is 0 Å². The first-order chi connectivity index (χ1) is 8.35. The largest absolute Gasteiger partial charge is 0.381 e. The van der Waals surface area contributed by atoms with Crippen molar-refractivity contribution in [3.63, 3.8) is 0 Å². The van der Waals surface area contributed by atoms with Gasteiger partial charge in [-0.25, -0.2) is 0 Å². The van der Waals surface area contributed by atoms with Gasteiger partial charge in [0.1, 0.15) is 0 Å². The van der Waals surface area contributed by atoms with Gasteiger partial charge in [0.25, 0.3) is 0 Å². The van der Waals surface area contributed by atoms with Gasteiger partial charge in [0, 0.05) is 32.3 Å². The van der Waals surface area contributed by atoms with Crippen LogP contribution < -0.4 is 5.73 Å². The summed E-state index contributed by atoms with van der Waals surface area (Å²) in [5.74, 6) is 1.73. The van der Waals surface area contributed by atoms with Crippen molar-refractivity contribution < 1.29 is 4.74 Å². The van der Waals surface area contributed by atoms with Crippen LogP contribution in [0, 0.1) is 11.8 Å². The lowest BCUT2D eigenvalue weighted by molar-refractivity contribution is 0.0262. The van der Waals surface area contributed by atoms with E-state index in [4.69, 9.17) is 10.5 Å². The fraction of sp³-hybridized carbons (Fsp3) is 1.00. The summed E-state index contributed by atoms with van der Waals surface area (Å²) in [6.45, 7) is 7.47. The molecule has 1 heterocycles. The molecule has 0 spiro atoms. The summed E-state index contributed by atoms with van der Waals surface area (Å²) in [5.41, 5.74) is 6.05. The maximum Gasteiger partial charge on any atom is 0.0469 e. The van der Waals surface area contributed by atoms with Crippen LogP contribution in [0.1, 0.15) is 39.0 Å². The van der Waals surface area contributed by atoms with Gasteiger partial charge in [0.15, 0.2) is 0 Å². The second-order valence-electron chi connectivity index (χ2n) is 5.69. The summed E-state index contributed by atoms with van der Waals surface area (Å²) in [4.78, 5) is 2.67. The van der Waals surface area contributed by atoms with Crippen molar-refractivity contribution in [2.45, 2.75) is 45.1 Å². The molecule has 1 aliphatic carbocycles. The quantitative estimate of drug-likeness (QED) is 0.738. The Labute approximate surface area is 106 Å². The number of hydrogen-bond donors (Lipinski definition) is 1. The van der Waals surface area contributed by atoms with Crippen molar-refractivity contribution in [3.8, 4) is 0 Å². The van der Waals surface area contributed by atoms with Crippen LogP contribution in [0.4, 0.5) is 0 Å². The normalized spacial score (nSPS) is 24.2. The van der Waals surface area contributed by atoms with Crippen molar-refractivity contribution in [3.05, 3.63) is 0 Å². The Bertz CT molecular complexity index is 212. The minimum absolute atomic E-state index is 0.597. The molecular weight excluding hydrogens is 212 g/mol. The molecule has 3 nitrogen and oxygen atoms in total. The van der Waals surface area contributed by atoms with Gasteiger partial charge in [-0.05, 0) is 50.5 Å². The predicted molar refractivity (Wildman–Crippen MR) is 71.0 cm³/mol. The Morgan fingerprint density at radius 1 is 1.24 bits per heavy atom. The number of rotatable bonds is 7. The van der Waals surface area contributed by atoms with E-state index in [1.54, 1.807) is 0 Å². The molecule has 1 atom stereocenters. The molecule has 0 bridgehead atoms. The molecule has 2 N–H and O–H groups in total. The highest BCUT2D eigenvalue weighted by Crippen LogP contribution is 2.32. The summed E-state index contributed by atoms with van der Waals surface area (Å²) >= 11 is 0. The maximum absolute atomic E-state index is 6.05. The molecule has 1 aliphatic heterocycles. The minimum Gasteiger partial charge on any atom is -0.381 e. The summed E-state index contributed by atoms with van der Waals surface area (Å²) in [7, 11) is 0. The lowest BCUT2D eigenvalue weighted by Gasteiger charge is -2.38. The third kappa shape index (κ3) is 3.94. The van der Waals surface area contributed by atoms with Crippen LogP contribution in [-0.2, 0) is 4.74 Å². The highest BCUT2D eigenvalue weighted by Gasteiger charge is 2.31. The van der Waals surface area contributed by atoms with Crippen molar-refractivity contribution in [1.82, 2.24) is 4.90 Å². The third-order valence-corrected chi connectivity index (χ3v) is 4.22. The zero-order valence-corrected chi connectivity index (χ0v) is 11.2. The molecule has 0 aromatic heterocycles. The lowest BCUT2D eigenvalue weighted by Crippen LogP contribution is -2.48. The lowest BCUT2D eigenvalue weighted by atomic mass is 9.90. The monoisotopic (exact) mass is 240 g/mol. The molecule has 0 amide bonds. The predicted octanol–water partition coefficient (Wildman–Crippen LogP) is 1.86. The number of nitrogens with two attached hydrogens (primary N) is 1. The first-order valence-electron chi connectivity index (χ1n) is 7.37. The van der Waals surface area contributed by atoms with E-state index >= 15 is 0 Å². The molecule has 17 heavy (non-hydrogen) atoms. The van der Waals surface area contributed by atoms with E-state index in [-0.39, 0.29) is 0 Å². The molecule has 2 fully saturated rings. The molecule has 1 saturated carbocycles. The fourth-order valence-corrected chi connectivity index (χ4v) is 3.05. The van der Waals surface area contributed by atoms with E-state index in [9.17, 15) is 0 Å². The Morgan fingerprint density at radius 2 is 1.94 bits per heavy atom. The highest BCUT2D eigenvalue weighted by atomic mass is 16.5. The number of nitrogens with zero attached hydrogens (tertiary/aromatic N) is 1. The zero-order valence-electron chi connectivity index (χ0n) is 11.2. The van der Waals surface area contributed by atoms with Crippen LogP contribution in [0.15, 0.2) is 0 Å². The van der Waals surface area contributed by atoms with Crippen LogP contribution in [0.3, 0.4) is 0 Å². The topological polar surface area (TPSA) is 38.5 Å². The van der Waals surface area contributed by atoms with E-state index in [1.807, 2.05) is 0 Å². The third-order valence-electron chi connectivity index (χ3n) is 4.22. The van der Waals surface area contributed by atoms with Crippen molar-refractivity contribution >= 4 is 0 Å².